The van der Waals surface area contributed by atoms with Gasteiger partial charge in [-0.05, 0) is 18.6 Å². The number of nitrogen functional groups attached to an aromatic ring is 1. The van der Waals surface area contributed by atoms with E-state index in [9.17, 15) is 14.9 Å². The molecule has 2 rings (SSSR count). The molecule has 1 fully saturated rings. The van der Waals surface area contributed by atoms with Crippen molar-refractivity contribution in [2.45, 2.75) is 18.9 Å². The fourth-order valence-corrected chi connectivity index (χ4v) is 2.94. The molecule has 102 valence electrons. The number of aromatic nitrogens is 1. The van der Waals surface area contributed by atoms with Crippen molar-refractivity contribution in [2.24, 2.45) is 0 Å². The molecule has 1 saturated heterocycles. The molecule has 19 heavy (non-hydrogen) atoms. The molecule has 1 amide bonds. The molecule has 1 aliphatic heterocycles. The van der Waals surface area contributed by atoms with Crippen LogP contribution in [0.5, 0.6) is 0 Å². The molecule has 3 N–H and O–H groups in total. The summed E-state index contributed by atoms with van der Waals surface area (Å²) in [7, 11) is 0. The molecular formula is C11H14N4O3S. The molecule has 0 spiro atoms. The van der Waals surface area contributed by atoms with Gasteiger partial charge in [-0.15, -0.1) is 0 Å². The number of pyridine rings is 1. The second kappa shape index (κ2) is 5.87. The van der Waals surface area contributed by atoms with Gasteiger partial charge in [0.2, 0.25) is 0 Å². The lowest BCUT2D eigenvalue weighted by molar-refractivity contribution is -0.385. The molecule has 0 bridgehead atoms. The van der Waals surface area contributed by atoms with Gasteiger partial charge >= 0.3 is 0 Å². The van der Waals surface area contributed by atoms with Gasteiger partial charge in [-0.3, -0.25) is 14.9 Å². The lowest BCUT2D eigenvalue weighted by Crippen LogP contribution is -2.38. The van der Waals surface area contributed by atoms with E-state index >= 15 is 0 Å². The maximum absolute atomic E-state index is 12.0. The highest BCUT2D eigenvalue weighted by molar-refractivity contribution is 7.99. The van der Waals surface area contributed by atoms with Crippen LogP contribution in [0.4, 0.5) is 11.5 Å². The van der Waals surface area contributed by atoms with Crippen molar-refractivity contribution in [3.8, 4) is 0 Å². The first-order valence-corrected chi connectivity index (χ1v) is 7.02. The minimum Gasteiger partial charge on any atom is -0.383 e. The molecule has 0 radical (unpaired) electrons. The van der Waals surface area contributed by atoms with E-state index in [0.29, 0.717) is 0 Å². The summed E-state index contributed by atoms with van der Waals surface area (Å²) < 4.78 is 0. The molecular weight excluding hydrogens is 268 g/mol. The lowest BCUT2D eigenvalue weighted by atomic mass is 10.1. The van der Waals surface area contributed by atoms with Crippen LogP contribution in [0.1, 0.15) is 23.2 Å². The summed E-state index contributed by atoms with van der Waals surface area (Å²) >= 11 is 1.78. The number of amides is 1. The number of hydrogen-bond acceptors (Lipinski definition) is 6. The Balaban J connectivity index is 2.13. The van der Waals surface area contributed by atoms with Crippen LogP contribution < -0.4 is 11.1 Å². The third kappa shape index (κ3) is 3.34. The van der Waals surface area contributed by atoms with Crippen LogP contribution in [0.2, 0.25) is 0 Å². The number of carbonyl (C=O) groups is 1. The van der Waals surface area contributed by atoms with Crippen LogP contribution in [0.3, 0.4) is 0 Å². The standard InChI is InChI=1S/C11H14N4O3S/c12-10-9(4-8(5-13-10)15(17)18)11(16)14-7-2-1-3-19-6-7/h4-5,7H,1-3,6H2,(H2,12,13)(H,14,16). The smallest absolute Gasteiger partial charge is 0.288 e. The second-order valence-electron chi connectivity index (χ2n) is 4.27. The van der Waals surface area contributed by atoms with Gasteiger partial charge in [0.1, 0.15) is 12.0 Å². The first-order chi connectivity index (χ1) is 9.08. The van der Waals surface area contributed by atoms with E-state index in [1.807, 2.05) is 0 Å². The highest BCUT2D eigenvalue weighted by Crippen LogP contribution is 2.20. The van der Waals surface area contributed by atoms with E-state index in [1.54, 1.807) is 11.8 Å². The molecule has 1 unspecified atom stereocenters. The number of nitrogens with two attached hydrogens (primary N) is 1. The molecule has 7 nitrogen and oxygen atoms in total. The predicted molar refractivity (Wildman–Crippen MR) is 73.1 cm³/mol. The molecule has 1 atom stereocenters. The summed E-state index contributed by atoms with van der Waals surface area (Å²) in [6.45, 7) is 0. The van der Waals surface area contributed by atoms with Gasteiger partial charge in [-0.25, -0.2) is 4.98 Å². The van der Waals surface area contributed by atoms with Crippen molar-refractivity contribution in [3.63, 3.8) is 0 Å². The minimum atomic E-state index is -0.598. The molecule has 1 aromatic heterocycles. The van der Waals surface area contributed by atoms with Gasteiger partial charge in [0, 0.05) is 17.9 Å². The number of anilines is 1. The van der Waals surface area contributed by atoms with Crippen LogP contribution in [-0.2, 0) is 0 Å². The Labute approximate surface area is 114 Å². The van der Waals surface area contributed by atoms with Crippen molar-refractivity contribution in [1.29, 1.82) is 0 Å². The van der Waals surface area contributed by atoms with E-state index in [1.165, 1.54) is 0 Å². The Morgan fingerprint density at radius 1 is 1.63 bits per heavy atom. The SMILES string of the molecule is Nc1ncc([N+](=O)[O-])cc1C(=O)NC1CCCSC1. The van der Waals surface area contributed by atoms with Crippen LogP contribution in [-0.4, -0.2) is 33.4 Å². The van der Waals surface area contributed by atoms with E-state index in [-0.39, 0.29) is 23.1 Å². The molecule has 0 aromatic carbocycles. The molecule has 8 heteroatoms. The summed E-state index contributed by atoms with van der Waals surface area (Å²) in [4.78, 5) is 25.8. The number of nitro groups is 1. The van der Waals surface area contributed by atoms with Crippen molar-refractivity contribution in [2.75, 3.05) is 17.2 Å². The summed E-state index contributed by atoms with van der Waals surface area (Å²) in [6, 6.07) is 1.25. The number of hydrogen-bond donors (Lipinski definition) is 2. The second-order valence-corrected chi connectivity index (χ2v) is 5.42. The summed E-state index contributed by atoms with van der Waals surface area (Å²) in [5.74, 6) is 1.56. The molecule has 1 aliphatic rings. The Bertz CT molecular complexity index is 503. The average Bonchev–Trinajstić information content (AvgIpc) is 2.40. The Morgan fingerprint density at radius 2 is 2.42 bits per heavy atom. The van der Waals surface area contributed by atoms with Gasteiger partial charge in [0.15, 0.2) is 0 Å². The number of nitrogens with one attached hydrogen (secondary N) is 1. The van der Waals surface area contributed by atoms with Crippen molar-refractivity contribution in [3.05, 3.63) is 27.9 Å². The number of rotatable bonds is 3. The Kier molecular flexibility index (Phi) is 4.20. The number of carbonyl (C=O) groups excluding carboxylic acids is 1. The van der Waals surface area contributed by atoms with E-state index in [4.69, 9.17) is 5.73 Å². The van der Waals surface area contributed by atoms with Crippen LogP contribution in [0.25, 0.3) is 0 Å². The highest BCUT2D eigenvalue weighted by Gasteiger charge is 2.21. The third-order valence-corrected chi connectivity index (χ3v) is 4.07. The maximum atomic E-state index is 12.0. The van der Waals surface area contributed by atoms with Crippen molar-refractivity contribution >= 4 is 29.2 Å². The fraction of sp³-hybridized carbons (Fsp3) is 0.455. The van der Waals surface area contributed by atoms with E-state index < -0.39 is 10.8 Å². The zero-order valence-electron chi connectivity index (χ0n) is 10.2. The molecule has 0 saturated carbocycles. The molecule has 0 aliphatic carbocycles. The van der Waals surface area contributed by atoms with Crippen LogP contribution in [0, 0.1) is 10.1 Å². The summed E-state index contributed by atoms with van der Waals surface area (Å²) in [5.41, 5.74) is 5.42. The molecule has 1 aromatic rings. The van der Waals surface area contributed by atoms with Gasteiger partial charge in [-0.1, -0.05) is 0 Å². The Morgan fingerprint density at radius 3 is 3.05 bits per heavy atom. The van der Waals surface area contributed by atoms with Gasteiger partial charge in [-0.2, -0.15) is 11.8 Å². The normalized spacial score (nSPS) is 18.8. The predicted octanol–water partition coefficient (Wildman–Crippen LogP) is 1.20. The maximum Gasteiger partial charge on any atom is 0.288 e. The molecule has 2 heterocycles. The topological polar surface area (TPSA) is 111 Å². The third-order valence-electron chi connectivity index (χ3n) is 2.86. The largest absolute Gasteiger partial charge is 0.383 e. The quantitative estimate of drug-likeness (QED) is 0.636. The summed E-state index contributed by atoms with van der Waals surface area (Å²) in [5, 5.41) is 13.5. The number of nitrogens with zero attached hydrogens (tertiary/aromatic N) is 2. The van der Waals surface area contributed by atoms with Crippen LogP contribution in [0.15, 0.2) is 12.3 Å². The van der Waals surface area contributed by atoms with Gasteiger partial charge < -0.3 is 11.1 Å². The lowest BCUT2D eigenvalue weighted by Gasteiger charge is -2.22. The van der Waals surface area contributed by atoms with Gasteiger partial charge in [0.25, 0.3) is 11.6 Å². The Hall–Kier alpha value is -1.83. The summed E-state index contributed by atoms with van der Waals surface area (Å²) in [6.07, 6.45) is 3.02. The van der Waals surface area contributed by atoms with Gasteiger partial charge in [0.05, 0.1) is 10.5 Å². The zero-order chi connectivity index (χ0) is 13.8. The van der Waals surface area contributed by atoms with Crippen molar-refractivity contribution in [1.82, 2.24) is 10.3 Å². The first kappa shape index (κ1) is 13.6. The zero-order valence-corrected chi connectivity index (χ0v) is 11.0. The highest BCUT2D eigenvalue weighted by atomic mass is 32.2. The average molecular weight is 282 g/mol. The van der Waals surface area contributed by atoms with E-state index in [0.717, 1.165) is 36.6 Å². The number of thioether (sulfide) groups is 1. The van der Waals surface area contributed by atoms with Crippen molar-refractivity contribution < 1.29 is 9.72 Å². The minimum absolute atomic E-state index is 0.00608. The van der Waals surface area contributed by atoms with Crippen LogP contribution >= 0.6 is 11.8 Å². The first-order valence-electron chi connectivity index (χ1n) is 5.86. The fourth-order valence-electron chi connectivity index (χ4n) is 1.86. The monoisotopic (exact) mass is 282 g/mol. The van der Waals surface area contributed by atoms with E-state index in [2.05, 4.69) is 10.3 Å².